The van der Waals surface area contributed by atoms with Crippen LogP contribution in [-0.4, -0.2) is 61.7 Å². The standard InChI is InChI=1S/C15H31N3/c1-4-8-17-9-5-15(6-10-17)12-18(13-15)11-7-16-14(2)3/h14,16H,4-13H2,1-3H3. The maximum atomic E-state index is 3.51. The van der Waals surface area contributed by atoms with Gasteiger partial charge in [0.1, 0.15) is 0 Å². The van der Waals surface area contributed by atoms with Crippen LogP contribution in [0.15, 0.2) is 0 Å². The van der Waals surface area contributed by atoms with Crippen molar-refractivity contribution in [1.82, 2.24) is 15.1 Å². The highest BCUT2D eigenvalue weighted by molar-refractivity contribution is 4.98. The van der Waals surface area contributed by atoms with Crippen molar-refractivity contribution in [2.24, 2.45) is 5.41 Å². The van der Waals surface area contributed by atoms with Gasteiger partial charge in [-0.3, -0.25) is 0 Å². The van der Waals surface area contributed by atoms with E-state index in [-0.39, 0.29) is 0 Å². The van der Waals surface area contributed by atoms with E-state index in [0.717, 1.165) is 6.54 Å². The fraction of sp³-hybridized carbons (Fsp3) is 1.00. The van der Waals surface area contributed by atoms with Crippen LogP contribution in [0.4, 0.5) is 0 Å². The second kappa shape index (κ2) is 6.36. The highest BCUT2D eigenvalue weighted by atomic mass is 15.2. The van der Waals surface area contributed by atoms with Crippen molar-refractivity contribution in [2.45, 2.75) is 46.1 Å². The molecular weight excluding hydrogens is 222 g/mol. The van der Waals surface area contributed by atoms with E-state index in [4.69, 9.17) is 0 Å². The fourth-order valence-electron chi connectivity index (χ4n) is 3.46. The van der Waals surface area contributed by atoms with Crippen molar-refractivity contribution in [3.05, 3.63) is 0 Å². The normalized spacial score (nSPS) is 24.7. The van der Waals surface area contributed by atoms with Crippen molar-refractivity contribution < 1.29 is 0 Å². The fourth-order valence-corrected chi connectivity index (χ4v) is 3.46. The average molecular weight is 253 g/mol. The quantitative estimate of drug-likeness (QED) is 0.778. The molecular formula is C15H31N3. The summed E-state index contributed by atoms with van der Waals surface area (Å²) in [4.78, 5) is 5.28. The molecule has 0 atom stereocenters. The summed E-state index contributed by atoms with van der Waals surface area (Å²) < 4.78 is 0. The van der Waals surface area contributed by atoms with Crippen LogP contribution in [0.25, 0.3) is 0 Å². The van der Waals surface area contributed by atoms with Gasteiger partial charge >= 0.3 is 0 Å². The molecule has 0 bridgehead atoms. The summed E-state index contributed by atoms with van der Waals surface area (Å²) in [5.41, 5.74) is 0.697. The number of hydrogen-bond acceptors (Lipinski definition) is 3. The number of hydrogen-bond donors (Lipinski definition) is 1. The molecule has 3 nitrogen and oxygen atoms in total. The third kappa shape index (κ3) is 3.69. The van der Waals surface area contributed by atoms with Crippen LogP contribution in [0.5, 0.6) is 0 Å². The Balaban J connectivity index is 1.60. The van der Waals surface area contributed by atoms with Crippen LogP contribution >= 0.6 is 0 Å². The SMILES string of the molecule is CCCN1CCC2(CC1)CN(CCNC(C)C)C2. The van der Waals surface area contributed by atoms with E-state index < -0.39 is 0 Å². The molecule has 3 heteroatoms. The molecule has 0 radical (unpaired) electrons. The van der Waals surface area contributed by atoms with Crippen LogP contribution in [0.1, 0.15) is 40.0 Å². The zero-order valence-electron chi connectivity index (χ0n) is 12.5. The van der Waals surface area contributed by atoms with E-state index in [9.17, 15) is 0 Å². The van der Waals surface area contributed by atoms with Gasteiger partial charge in [0, 0.05) is 32.2 Å². The molecule has 0 aromatic rings. The summed E-state index contributed by atoms with van der Waals surface area (Å²) in [6.07, 6.45) is 4.17. The average Bonchev–Trinajstić information content (AvgIpc) is 2.29. The molecule has 1 N–H and O–H groups in total. The van der Waals surface area contributed by atoms with Gasteiger partial charge in [-0.15, -0.1) is 0 Å². The Bertz CT molecular complexity index is 236. The maximum Gasteiger partial charge on any atom is 0.0107 e. The topological polar surface area (TPSA) is 18.5 Å². The first-order valence-electron chi connectivity index (χ1n) is 7.82. The number of nitrogens with one attached hydrogen (secondary N) is 1. The van der Waals surface area contributed by atoms with E-state index in [1.54, 1.807) is 0 Å². The van der Waals surface area contributed by atoms with Crippen molar-refractivity contribution in [3.63, 3.8) is 0 Å². The lowest BCUT2D eigenvalue weighted by atomic mass is 9.72. The molecule has 2 heterocycles. The van der Waals surface area contributed by atoms with Crippen molar-refractivity contribution in [1.29, 1.82) is 0 Å². The summed E-state index contributed by atoms with van der Waals surface area (Å²) in [7, 11) is 0. The molecule has 0 aliphatic carbocycles. The van der Waals surface area contributed by atoms with Gasteiger partial charge < -0.3 is 15.1 Å². The lowest BCUT2D eigenvalue weighted by Gasteiger charge is -2.54. The molecule has 2 aliphatic rings. The number of nitrogens with zero attached hydrogens (tertiary/aromatic N) is 2. The summed E-state index contributed by atoms with van der Waals surface area (Å²) in [6.45, 7) is 15.8. The summed E-state index contributed by atoms with van der Waals surface area (Å²) in [5, 5.41) is 3.51. The van der Waals surface area contributed by atoms with Gasteiger partial charge in [0.2, 0.25) is 0 Å². The van der Waals surface area contributed by atoms with E-state index in [1.807, 2.05) is 0 Å². The van der Waals surface area contributed by atoms with E-state index in [2.05, 4.69) is 35.9 Å². The summed E-state index contributed by atoms with van der Waals surface area (Å²) in [5.74, 6) is 0. The van der Waals surface area contributed by atoms with Gasteiger partial charge in [-0.25, -0.2) is 0 Å². The zero-order valence-corrected chi connectivity index (χ0v) is 12.5. The van der Waals surface area contributed by atoms with Crippen molar-refractivity contribution in [3.8, 4) is 0 Å². The third-order valence-electron chi connectivity index (χ3n) is 4.56. The first-order valence-corrected chi connectivity index (χ1v) is 7.82. The smallest absolute Gasteiger partial charge is 0.0107 e. The van der Waals surface area contributed by atoms with Gasteiger partial charge in [-0.05, 0) is 44.3 Å². The molecule has 0 aromatic heterocycles. The van der Waals surface area contributed by atoms with Crippen LogP contribution < -0.4 is 5.32 Å². The van der Waals surface area contributed by atoms with Gasteiger partial charge in [0.15, 0.2) is 0 Å². The molecule has 0 aromatic carbocycles. The Morgan fingerprint density at radius 3 is 2.28 bits per heavy atom. The minimum Gasteiger partial charge on any atom is -0.313 e. The van der Waals surface area contributed by atoms with Gasteiger partial charge in [0.25, 0.3) is 0 Å². The van der Waals surface area contributed by atoms with Crippen LogP contribution in [0.2, 0.25) is 0 Å². The minimum absolute atomic E-state index is 0.623. The molecule has 106 valence electrons. The Hall–Kier alpha value is -0.120. The molecule has 2 fully saturated rings. The zero-order chi connectivity index (χ0) is 13.0. The Morgan fingerprint density at radius 2 is 1.72 bits per heavy atom. The van der Waals surface area contributed by atoms with Gasteiger partial charge in [-0.1, -0.05) is 20.8 Å². The van der Waals surface area contributed by atoms with E-state index in [0.29, 0.717) is 11.5 Å². The molecule has 0 amide bonds. The van der Waals surface area contributed by atoms with Crippen LogP contribution in [0, 0.1) is 5.41 Å². The molecule has 2 aliphatic heterocycles. The van der Waals surface area contributed by atoms with Crippen molar-refractivity contribution in [2.75, 3.05) is 45.8 Å². The number of likely N-dealkylation sites (tertiary alicyclic amines) is 2. The Kier molecular flexibility index (Phi) is 5.05. The van der Waals surface area contributed by atoms with Crippen LogP contribution in [-0.2, 0) is 0 Å². The van der Waals surface area contributed by atoms with Crippen molar-refractivity contribution >= 4 is 0 Å². The molecule has 2 saturated heterocycles. The molecule has 0 unspecified atom stereocenters. The largest absolute Gasteiger partial charge is 0.313 e. The minimum atomic E-state index is 0.623. The predicted octanol–water partition coefficient (Wildman–Crippen LogP) is 1.79. The van der Waals surface area contributed by atoms with E-state index in [1.165, 1.54) is 58.5 Å². The Labute approximate surface area is 113 Å². The van der Waals surface area contributed by atoms with E-state index >= 15 is 0 Å². The lowest BCUT2D eigenvalue weighted by Crippen LogP contribution is -2.61. The molecule has 18 heavy (non-hydrogen) atoms. The molecule has 2 rings (SSSR count). The highest BCUT2D eigenvalue weighted by Crippen LogP contribution is 2.40. The maximum absolute atomic E-state index is 3.51. The van der Waals surface area contributed by atoms with Gasteiger partial charge in [-0.2, -0.15) is 0 Å². The number of piperidine rings is 1. The number of rotatable bonds is 6. The molecule has 1 spiro atoms. The first-order chi connectivity index (χ1) is 8.63. The third-order valence-corrected chi connectivity index (χ3v) is 4.56. The Morgan fingerprint density at radius 1 is 1.06 bits per heavy atom. The first kappa shape index (κ1) is 14.3. The monoisotopic (exact) mass is 253 g/mol. The van der Waals surface area contributed by atoms with Crippen LogP contribution in [0.3, 0.4) is 0 Å². The second-order valence-corrected chi connectivity index (χ2v) is 6.66. The molecule has 0 saturated carbocycles. The lowest BCUT2D eigenvalue weighted by molar-refractivity contribution is -0.0454. The van der Waals surface area contributed by atoms with Gasteiger partial charge in [0.05, 0.1) is 0 Å². The highest BCUT2D eigenvalue weighted by Gasteiger charge is 2.43. The summed E-state index contributed by atoms with van der Waals surface area (Å²) in [6, 6.07) is 0.623. The second-order valence-electron chi connectivity index (χ2n) is 6.66. The predicted molar refractivity (Wildman–Crippen MR) is 78.0 cm³/mol. The summed E-state index contributed by atoms with van der Waals surface area (Å²) >= 11 is 0.